The summed E-state index contributed by atoms with van der Waals surface area (Å²) in [5.74, 6) is 0.156. The molecule has 0 aliphatic heterocycles. The second kappa shape index (κ2) is 8.60. The minimum atomic E-state index is -1.30. The first kappa shape index (κ1) is 19.6. The van der Waals surface area contributed by atoms with Gasteiger partial charge in [-0.05, 0) is 104 Å². The van der Waals surface area contributed by atoms with Crippen LogP contribution in [-0.4, -0.2) is 22.2 Å². The number of phenolic OH excluding ortho intramolecular Hbond substituents is 1. The van der Waals surface area contributed by atoms with Crippen molar-refractivity contribution < 1.29 is 19.7 Å². The van der Waals surface area contributed by atoms with Crippen molar-refractivity contribution in [3.05, 3.63) is 51.5 Å². The average Bonchev–Trinajstić information content (AvgIpc) is 2.51. The number of aliphatic carboxylic acids is 1. The van der Waals surface area contributed by atoms with Gasteiger partial charge in [0.2, 0.25) is 0 Å². The van der Waals surface area contributed by atoms with E-state index in [1.54, 1.807) is 30.3 Å². The lowest BCUT2D eigenvalue weighted by Gasteiger charge is -2.13. The molecule has 0 heterocycles. The fraction of sp³-hybridized carbons (Fsp3) is 0.133. The smallest absolute Gasteiger partial charge is 0.332 e. The second-order valence-corrected chi connectivity index (χ2v) is 8.25. The molecule has 2 aromatic carbocycles. The number of nitroso groups, excluding NO2 is 1. The Bertz CT molecular complexity index is 774. The van der Waals surface area contributed by atoms with E-state index in [9.17, 15) is 14.8 Å². The van der Waals surface area contributed by atoms with Gasteiger partial charge in [-0.25, -0.2) is 4.79 Å². The first-order valence-corrected chi connectivity index (χ1v) is 9.75. The molecule has 6 nitrogen and oxygen atoms in total. The van der Waals surface area contributed by atoms with Gasteiger partial charge in [-0.15, -0.1) is 4.91 Å². The zero-order valence-corrected chi connectivity index (χ0v) is 18.3. The Morgan fingerprint density at radius 3 is 2.25 bits per heavy atom. The van der Waals surface area contributed by atoms with E-state index >= 15 is 0 Å². The molecule has 24 heavy (non-hydrogen) atoms. The molecule has 0 aliphatic rings. The number of halogens is 3. The number of nitrogens with zero attached hydrogens (tertiary/aromatic N) is 1. The number of carboxylic acids is 1. The lowest BCUT2D eigenvalue weighted by atomic mass is 10.1. The highest BCUT2D eigenvalue weighted by atomic mass is 127. The number of aromatic hydroxyl groups is 1. The van der Waals surface area contributed by atoms with Crippen LogP contribution in [0.1, 0.15) is 5.56 Å². The Morgan fingerprint density at radius 1 is 1.12 bits per heavy atom. The third-order valence-electron chi connectivity index (χ3n) is 3.04. The van der Waals surface area contributed by atoms with Gasteiger partial charge in [-0.3, -0.25) is 0 Å². The van der Waals surface area contributed by atoms with Crippen LogP contribution in [0.5, 0.6) is 17.2 Å². The number of carboxylic acid groups (broad SMARTS) is 1. The van der Waals surface area contributed by atoms with Gasteiger partial charge in [0.25, 0.3) is 0 Å². The first-order valence-electron chi connectivity index (χ1n) is 6.51. The van der Waals surface area contributed by atoms with Crippen molar-refractivity contribution in [2.45, 2.75) is 12.5 Å². The van der Waals surface area contributed by atoms with Crippen LogP contribution in [0.2, 0.25) is 0 Å². The lowest BCUT2D eigenvalue weighted by Crippen LogP contribution is -2.20. The van der Waals surface area contributed by atoms with Crippen molar-refractivity contribution in [1.29, 1.82) is 0 Å². The van der Waals surface area contributed by atoms with E-state index in [0.717, 1.165) is 7.14 Å². The zero-order valence-electron chi connectivity index (χ0n) is 11.9. The predicted octanol–water partition coefficient (Wildman–Crippen LogP) is 4.76. The Morgan fingerprint density at radius 2 is 1.75 bits per heavy atom. The molecular weight excluding hydrogens is 655 g/mol. The summed E-state index contributed by atoms with van der Waals surface area (Å²) < 4.78 is 8.12. The highest BCUT2D eigenvalue weighted by Crippen LogP contribution is 2.35. The summed E-state index contributed by atoms with van der Waals surface area (Å²) in [7, 11) is 0. The number of carbonyl (C=O) groups is 1. The number of hydrogen-bond donors (Lipinski definition) is 2. The summed E-state index contributed by atoms with van der Waals surface area (Å²) in [4.78, 5) is 21.5. The minimum Gasteiger partial charge on any atom is -0.507 e. The third-order valence-corrected chi connectivity index (χ3v) is 5.51. The molecule has 0 aromatic heterocycles. The SMILES string of the molecule is O=N[C@@H](Cc1cc(I)c(Oc2ccc(O)c(I)c2)c(I)c1)C(=O)O. The van der Waals surface area contributed by atoms with Gasteiger partial charge in [-0.2, -0.15) is 0 Å². The molecule has 0 saturated heterocycles. The summed E-state index contributed by atoms with van der Waals surface area (Å²) >= 11 is 6.19. The molecule has 0 radical (unpaired) electrons. The Kier molecular flexibility index (Phi) is 7.03. The molecule has 2 N–H and O–H groups in total. The molecule has 0 saturated carbocycles. The maximum absolute atomic E-state index is 10.9. The zero-order chi connectivity index (χ0) is 17.9. The standard InChI is InChI=1S/C15H10I3NO5/c16-9-6-8(1-2-13(9)20)24-14-10(17)3-7(4-11(14)18)5-12(19-23)15(21)22/h1-4,6,12,20H,5H2,(H,21,22)/t12-/m0/s1. The molecule has 0 fully saturated rings. The van der Waals surface area contributed by atoms with Crippen LogP contribution < -0.4 is 4.74 Å². The highest BCUT2D eigenvalue weighted by Gasteiger charge is 2.20. The van der Waals surface area contributed by atoms with Crippen LogP contribution in [0.4, 0.5) is 0 Å². The molecule has 9 heteroatoms. The van der Waals surface area contributed by atoms with Crippen molar-refractivity contribution in [1.82, 2.24) is 0 Å². The molecule has 2 aromatic rings. The molecule has 0 aliphatic carbocycles. The summed E-state index contributed by atoms with van der Waals surface area (Å²) in [5, 5.41) is 21.1. The quantitative estimate of drug-likeness (QED) is 0.343. The third kappa shape index (κ3) is 4.91. The molecule has 0 bridgehead atoms. The maximum atomic E-state index is 10.9. The summed E-state index contributed by atoms with van der Waals surface area (Å²) in [6, 6.07) is 7.16. The Hall–Kier alpha value is -0.700. The lowest BCUT2D eigenvalue weighted by molar-refractivity contribution is -0.138. The summed E-state index contributed by atoms with van der Waals surface area (Å²) in [5.41, 5.74) is 0.698. The van der Waals surface area contributed by atoms with Crippen molar-refractivity contribution in [2.75, 3.05) is 0 Å². The van der Waals surface area contributed by atoms with E-state index in [-0.39, 0.29) is 12.2 Å². The van der Waals surface area contributed by atoms with Crippen LogP contribution in [0.25, 0.3) is 0 Å². The first-order chi connectivity index (χ1) is 11.3. The van der Waals surface area contributed by atoms with Crippen LogP contribution >= 0.6 is 67.8 Å². The Balaban J connectivity index is 2.27. The Labute approximate surface area is 178 Å². The number of phenols is 1. The van der Waals surface area contributed by atoms with Crippen molar-refractivity contribution >= 4 is 73.7 Å². The fourth-order valence-corrected chi connectivity index (χ4v) is 4.49. The van der Waals surface area contributed by atoms with Crippen molar-refractivity contribution in [3.63, 3.8) is 0 Å². The van der Waals surface area contributed by atoms with Crippen LogP contribution in [0.15, 0.2) is 35.5 Å². The number of benzene rings is 2. The van der Waals surface area contributed by atoms with E-state index < -0.39 is 12.0 Å². The van der Waals surface area contributed by atoms with Gasteiger partial charge in [0, 0.05) is 6.42 Å². The number of rotatable bonds is 6. The van der Waals surface area contributed by atoms with Crippen molar-refractivity contribution in [3.8, 4) is 17.2 Å². The average molecular weight is 665 g/mol. The largest absolute Gasteiger partial charge is 0.507 e. The molecule has 0 amide bonds. The van der Waals surface area contributed by atoms with E-state index in [0.29, 0.717) is 20.6 Å². The van der Waals surface area contributed by atoms with Crippen LogP contribution in [0, 0.1) is 15.6 Å². The van der Waals surface area contributed by atoms with E-state index in [1.807, 2.05) is 22.6 Å². The summed E-state index contributed by atoms with van der Waals surface area (Å²) in [6.45, 7) is 0. The highest BCUT2D eigenvalue weighted by molar-refractivity contribution is 14.1. The molecule has 2 rings (SSSR count). The van der Waals surface area contributed by atoms with E-state index in [1.165, 1.54) is 0 Å². The topological polar surface area (TPSA) is 96.2 Å². The van der Waals surface area contributed by atoms with Gasteiger partial charge < -0.3 is 14.9 Å². The van der Waals surface area contributed by atoms with E-state index in [4.69, 9.17) is 9.84 Å². The van der Waals surface area contributed by atoms with Gasteiger partial charge in [0.1, 0.15) is 11.5 Å². The van der Waals surface area contributed by atoms with Crippen LogP contribution in [0.3, 0.4) is 0 Å². The molecule has 0 spiro atoms. The minimum absolute atomic E-state index is 0.0300. The molecular formula is C15H10I3NO5. The van der Waals surface area contributed by atoms with Crippen molar-refractivity contribution in [2.24, 2.45) is 5.18 Å². The van der Waals surface area contributed by atoms with E-state index in [2.05, 4.69) is 50.4 Å². The summed E-state index contributed by atoms with van der Waals surface area (Å²) in [6.07, 6.45) is 0.0300. The van der Waals surface area contributed by atoms with Gasteiger partial charge >= 0.3 is 5.97 Å². The normalized spacial score (nSPS) is 11.8. The molecule has 1 atom stereocenters. The van der Waals surface area contributed by atoms with Gasteiger partial charge in [0.15, 0.2) is 11.8 Å². The molecule has 126 valence electrons. The monoisotopic (exact) mass is 665 g/mol. The van der Waals surface area contributed by atoms with Gasteiger partial charge in [0.05, 0.1) is 10.7 Å². The fourth-order valence-electron chi connectivity index (χ4n) is 1.89. The number of hydrogen-bond acceptors (Lipinski definition) is 5. The van der Waals surface area contributed by atoms with Gasteiger partial charge in [-0.1, -0.05) is 5.18 Å². The number of ether oxygens (including phenoxy) is 1. The van der Waals surface area contributed by atoms with Crippen LogP contribution in [-0.2, 0) is 11.2 Å². The second-order valence-electron chi connectivity index (χ2n) is 4.77. The molecule has 0 unspecified atom stereocenters. The predicted molar refractivity (Wildman–Crippen MR) is 114 cm³/mol. The maximum Gasteiger partial charge on any atom is 0.332 e.